The smallest absolute Gasteiger partial charge is 0.356 e. The average molecular weight is 259 g/mol. The highest BCUT2D eigenvalue weighted by molar-refractivity contribution is 8.23. The van der Waals surface area contributed by atoms with Gasteiger partial charge in [-0.05, 0) is 0 Å². The minimum Gasteiger partial charge on any atom is -0.464 e. The van der Waals surface area contributed by atoms with Crippen molar-refractivity contribution in [2.24, 2.45) is 0 Å². The topological polar surface area (TPSA) is 63.7 Å². The molecule has 0 spiro atoms. The molecule has 2 heterocycles. The number of aldehydes is 1. The van der Waals surface area contributed by atoms with Crippen LogP contribution in [0.15, 0.2) is 9.93 Å². The van der Waals surface area contributed by atoms with Crippen molar-refractivity contribution in [3.8, 4) is 0 Å². The zero-order chi connectivity index (χ0) is 11.7. The van der Waals surface area contributed by atoms with Gasteiger partial charge in [-0.15, -0.1) is 11.8 Å². The molecular weight excluding hydrogens is 250 g/mol. The Hall–Kier alpha value is -0.950. The van der Waals surface area contributed by atoms with Crippen molar-refractivity contribution in [2.45, 2.75) is 11.8 Å². The summed E-state index contributed by atoms with van der Waals surface area (Å²) in [5, 5.41) is 0.00996. The van der Waals surface area contributed by atoms with E-state index in [4.69, 9.17) is 0 Å². The van der Waals surface area contributed by atoms with Gasteiger partial charge in [-0.2, -0.15) is 0 Å². The fourth-order valence-corrected chi connectivity index (χ4v) is 3.96. The lowest BCUT2D eigenvalue weighted by Crippen LogP contribution is -2.48. The zero-order valence-corrected chi connectivity index (χ0v) is 10.1. The predicted octanol–water partition coefficient (Wildman–Crippen LogP) is 0.566. The highest BCUT2D eigenvalue weighted by atomic mass is 32.2. The summed E-state index contributed by atoms with van der Waals surface area (Å²) in [6, 6.07) is 0. The number of hydrogen-bond acceptors (Lipinski definition) is 6. The molecule has 0 bridgehead atoms. The molecule has 0 N–H and O–H groups in total. The standard InChI is InChI=1S/C9H9NO4S2/c1-14-8(13)7-9(15-3-2-11)16-6-4-5(12)10(6)7/h2,6H,3-4H2,1H3/t6-/m0/s1. The molecule has 0 aliphatic carbocycles. The van der Waals surface area contributed by atoms with Crippen LogP contribution < -0.4 is 0 Å². The molecule has 5 nitrogen and oxygen atoms in total. The minimum absolute atomic E-state index is 0.00996. The Kier molecular flexibility index (Phi) is 3.25. The molecule has 16 heavy (non-hydrogen) atoms. The number of rotatable bonds is 4. The summed E-state index contributed by atoms with van der Waals surface area (Å²) in [5.41, 5.74) is 0.292. The molecule has 0 radical (unpaired) electrons. The Morgan fingerprint density at radius 2 is 2.50 bits per heavy atom. The molecule has 1 amide bonds. The van der Waals surface area contributed by atoms with E-state index >= 15 is 0 Å². The van der Waals surface area contributed by atoms with Gasteiger partial charge in [0, 0.05) is 0 Å². The molecule has 1 atom stereocenters. The van der Waals surface area contributed by atoms with Gasteiger partial charge >= 0.3 is 5.97 Å². The van der Waals surface area contributed by atoms with Crippen LogP contribution in [0.3, 0.4) is 0 Å². The van der Waals surface area contributed by atoms with E-state index in [2.05, 4.69) is 4.74 Å². The minimum atomic E-state index is -0.517. The monoisotopic (exact) mass is 259 g/mol. The van der Waals surface area contributed by atoms with Crippen molar-refractivity contribution in [2.75, 3.05) is 12.9 Å². The molecule has 86 valence electrons. The van der Waals surface area contributed by atoms with Gasteiger partial charge < -0.3 is 9.53 Å². The lowest BCUT2D eigenvalue weighted by atomic mass is 10.2. The molecule has 2 rings (SSSR count). The Morgan fingerprint density at radius 3 is 3.06 bits per heavy atom. The lowest BCUT2D eigenvalue weighted by molar-refractivity contribution is -0.147. The molecule has 0 saturated carbocycles. The largest absolute Gasteiger partial charge is 0.464 e. The molecule has 0 aromatic heterocycles. The third-order valence-electron chi connectivity index (χ3n) is 2.24. The Balaban J connectivity index is 2.23. The van der Waals surface area contributed by atoms with E-state index in [-0.39, 0.29) is 17.0 Å². The van der Waals surface area contributed by atoms with Crippen LogP contribution in [-0.2, 0) is 19.1 Å². The maximum Gasteiger partial charge on any atom is 0.356 e. The van der Waals surface area contributed by atoms with Gasteiger partial charge in [0.05, 0.1) is 28.9 Å². The summed E-state index contributed by atoms with van der Waals surface area (Å²) >= 11 is 2.71. The molecule has 0 aromatic carbocycles. The maximum atomic E-state index is 11.5. The van der Waals surface area contributed by atoms with Gasteiger partial charge in [0.25, 0.3) is 0 Å². The summed E-state index contributed by atoms with van der Waals surface area (Å²) in [5.74, 6) is -0.312. The first-order valence-electron chi connectivity index (χ1n) is 4.56. The summed E-state index contributed by atoms with van der Waals surface area (Å²) in [4.78, 5) is 34.6. The fraction of sp³-hybridized carbons (Fsp3) is 0.444. The van der Waals surface area contributed by atoms with E-state index in [9.17, 15) is 14.4 Å². The molecule has 0 unspecified atom stereocenters. The second kappa shape index (κ2) is 4.50. The molecular formula is C9H9NO4S2. The SMILES string of the molecule is COC(=O)C1=C(SCC=O)S[C@H]2CC(=O)N12. The fourth-order valence-electron chi connectivity index (χ4n) is 1.52. The van der Waals surface area contributed by atoms with Crippen LogP contribution in [0.1, 0.15) is 6.42 Å². The molecule has 0 aromatic rings. The van der Waals surface area contributed by atoms with Crippen LogP contribution in [0.5, 0.6) is 0 Å². The summed E-state index contributed by atoms with van der Waals surface area (Å²) in [6.45, 7) is 0. The van der Waals surface area contributed by atoms with Gasteiger partial charge in [0.15, 0.2) is 5.70 Å². The third-order valence-corrected chi connectivity index (χ3v) is 4.70. The van der Waals surface area contributed by atoms with Gasteiger partial charge in [0.1, 0.15) is 6.29 Å². The van der Waals surface area contributed by atoms with E-state index in [1.54, 1.807) is 0 Å². The summed E-state index contributed by atoms with van der Waals surface area (Å²) in [6.07, 6.45) is 1.21. The van der Waals surface area contributed by atoms with Gasteiger partial charge in [-0.3, -0.25) is 9.69 Å². The second-order valence-electron chi connectivity index (χ2n) is 3.15. The number of methoxy groups -OCH3 is 1. The Labute approximate surface area is 101 Å². The van der Waals surface area contributed by atoms with Crippen LogP contribution in [0.2, 0.25) is 0 Å². The number of hydrogen-bond donors (Lipinski definition) is 0. The van der Waals surface area contributed by atoms with Crippen LogP contribution in [0.4, 0.5) is 0 Å². The average Bonchev–Trinajstić information content (AvgIpc) is 2.57. The van der Waals surface area contributed by atoms with Crippen molar-refractivity contribution in [1.29, 1.82) is 0 Å². The normalized spacial score (nSPS) is 22.9. The number of fused-ring (bicyclic) bond motifs is 1. The van der Waals surface area contributed by atoms with Crippen molar-refractivity contribution < 1.29 is 19.1 Å². The van der Waals surface area contributed by atoms with Crippen molar-refractivity contribution in [3.05, 3.63) is 9.93 Å². The second-order valence-corrected chi connectivity index (χ2v) is 5.62. The molecule has 1 fully saturated rings. The van der Waals surface area contributed by atoms with E-state index in [1.165, 1.54) is 35.5 Å². The van der Waals surface area contributed by atoms with Gasteiger partial charge in [0.2, 0.25) is 5.91 Å². The third kappa shape index (κ3) is 1.73. The molecule has 2 aliphatic rings. The highest BCUT2D eigenvalue weighted by Crippen LogP contribution is 2.50. The van der Waals surface area contributed by atoms with E-state index in [0.717, 1.165) is 6.29 Å². The van der Waals surface area contributed by atoms with E-state index in [0.29, 0.717) is 16.4 Å². The van der Waals surface area contributed by atoms with E-state index in [1.807, 2.05) is 0 Å². The molecule has 1 saturated heterocycles. The first-order chi connectivity index (χ1) is 7.69. The quantitative estimate of drug-likeness (QED) is 0.418. The van der Waals surface area contributed by atoms with Crippen molar-refractivity contribution in [1.82, 2.24) is 4.90 Å². The Bertz CT molecular complexity index is 393. The summed E-state index contributed by atoms with van der Waals surface area (Å²) in [7, 11) is 1.28. The number of ether oxygens (including phenoxy) is 1. The van der Waals surface area contributed by atoms with Crippen LogP contribution >= 0.6 is 23.5 Å². The highest BCUT2D eigenvalue weighted by Gasteiger charge is 2.48. The van der Waals surface area contributed by atoms with Gasteiger partial charge in [-0.25, -0.2) is 4.79 Å². The van der Waals surface area contributed by atoms with Crippen LogP contribution in [-0.4, -0.2) is 41.3 Å². The van der Waals surface area contributed by atoms with Crippen molar-refractivity contribution in [3.63, 3.8) is 0 Å². The first-order valence-corrected chi connectivity index (χ1v) is 6.43. The van der Waals surface area contributed by atoms with Crippen LogP contribution in [0, 0.1) is 0 Å². The number of carbonyl (C=O) groups is 3. The number of nitrogens with zero attached hydrogens (tertiary/aromatic N) is 1. The predicted molar refractivity (Wildman–Crippen MR) is 60.4 cm³/mol. The zero-order valence-electron chi connectivity index (χ0n) is 8.47. The van der Waals surface area contributed by atoms with E-state index < -0.39 is 5.97 Å². The number of carbonyl (C=O) groups excluding carboxylic acids is 3. The number of β-lactam (4-membered cyclic amide) rings is 1. The molecule has 7 heteroatoms. The number of thioether (sulfide) groups is 2. The number of amides is 1. The van der Waals surface area contributed by atoms with Gasteiger partial charge in [-0.1, -0.05) is 11.8 Å². The number of esters is 1. The first kappa shape index (κ1) is 11.5. The lowest BCUT2D eigenvalue weighted by Gasteiger charge is -2.34. The van der Waals surface area contributed by atoms with Crippen molar-refractivity contribution >= 4 is 41.7 Å². The van der Waals surface area contributed by atoms with Crippen LogP contribution in [0.25, 0.3) is 0 Å². The maximum absolute atomic E-state index is 11.5. The molecule has 2 aliphatic heterocycles. The summed E-state index contributed by atoms with van der Waals surface area (Å²) < 4.78 is 5.34. The Morgan fingerprint density at radius 1 is 1.75 bits per heavy atom.